The number of nitrogens with two attached hydrogens (primary N) is 1. The molecule has 1 aromatic carbocycles. The number of amides is 3. The molecule has 4 N–H and O–H groups in total. The zero-order valence-electron chi connectivity index (χ0n) is 18.2. The predicted octanol–water partition coefficient (Wildman–Crippen LogP) is -0.0245. The molecule has 0 saturated heterocycles. The summed E-state index contributed by atoms with van der Waals surface area (Å²) in [6.07, 6.45) is -0.661. The molecular formula is C21H28FN3O7. The van der Waals surface area contributed by atoms with Crippen LogP contribution in [0.25, 0.3) is 0 Å². The molecule has 0 saturated carbocycles. The number of carbonyl (C=O) groups is 5. The lowest BCUT2D eigenvalue weighted by atomic mass is 9.94. The average Bonchev–Trinajstić information content (AvgIpc) is 2.69. The summed E-state index contributed by atoms with van der Waals surface area (Å²) in [6, 6.07) is 2.58. The lowest BCUT2D eigenvalue weighted by molar-refractivity contribution is -0.157. The third-order valence-corrected chi connectivity index (χ3v) is 4.31. The van der Waals surface area contributed by atoms with Crippen LogP contribution in [0.5, 0.6) is 0 Å². The number of esters is 2. The van der Waals surface area contributed by atoms with Gasteiger partial charge in [0, 0.05) is 13.3 Å². The van der Waals surface area contributed by atoms with Crippen molar-refractivity contribution in [3.8, 4) is 0 Å². The van der Waals surface area contributed by atoms with Crippen LogP contribution >= 0.6 is 0 Å². The van der Waals surface area contributed by atoms with Crippen LogP contribution in [0.3, 0.4) is 0 Å². The van der Waals surface area contributed by atoms with Gasteiger partial charge in [0.25, 0.3) is 0 Å². The number of benzene rings is 1. The lowest BCUT2D eigenvalue weighted by Crippen LogP contribution is -2.57. The smallest absolute Gasteiger partial charge is 0.312 e. The molecule has 0 spiro atoms. The van der Waals surface area contributed by atoms with Crippen LogP contribution in [0.4, 0.5) is 4.39 Å². The Morgan fingerprint density at radius 1 is 1.06 bits per heavy atom. The fourth-order valence-corrected chi connectivity index (χ4v) is 2.96. The van der Waals surface area contributed by atoms with Crippen molar-refractivity contribution in [2.75, 3.05) is 13.2 Å². The molecule has 32 heavy (non-hydrogen) atoms. The summed E-state index contributed by atoms with van der Waals surface area (Å²) in [5, 5.41) is 4.73. The highest BCUT2D eigenvalue weighted by atomic mass is 19.1. The molecule has 1 aromatic rings. The van der Waals surface area contributed by atoms with E-state index in [1.54, 1.807) is 13.0 Å². The Balaban J connectivity index is 3.14. The van der Waals surface area contributed by atoms with E-state index < -0.39 is 59.9 Å². The Labute approximate surface area is 185 Å². The predicted molar refractivity (Wildman–Crippen MR) is 110 cm³/mol. The third kappa shape index (κ3) is 8.70. The zero-order chi connectivity index (χ0) is 24.3. The van der Waals surface area contributed by atoms with Gasteiger partial charge in [0.1, 0.15) is 17.9 Å². The maximum absolute atomic E-state index is 13.5. The monoisotopic (exact) mass is 453 g/mol. The van der Waals surface area contributed by atoms with E-state index >= 15 is 0 Å². The highest BCUT2D eigenvalue weighted by Gasteiger charge is 2.38. The van der Waals surface area contributed by atoms with Crippen LogP contribution in [0.2, 0.25) is 0 Å². The Morgan fingerprint density at radius 2 is 1.72 bits per heavy atom. The number of halogens is 1. The highest BCUT2D eigenvalue weighted by molar-refractivity contribution is 5.95. The fourth-order valence-electron chi connectivity index (χ4n) is 2.96. The van der Waals surface area contributed by atoms with Gasteiger partial charge in [-0.3, -0.25) is 24.0 Å². The summed E-state index contributed by atoms with van der Waals surface area (Å²) < 4.78 is 23.2. The second-order valence-corrected chi connectivity index (χ2v) is 6.84. The summed E-state index contributed by atoms with van der Waals surface area (Å²) >= 11 is 0. The lowest BCUT2D eigenvalue weighted by Gasteiger charge is -2.26. The van der Waals surface area contributed by atoms with Crippen LogP contribution < -0.4 is 16.4 Å². The van der Waals surface area contributed by atoms with E-state index in [1.807, 2.05) is 0 Å². The molecule has 0 aliphatic rings. The second kappa shape index (κ2) is 13.0. The molecule has 1 rings (SSSR count). The molecule has 0 radical (unpaired) electrons. The number of hydrogen-bond acceptors (Lipinski definition) is 7. The summed E-state index contributed by atoms with van der Waals surface area (Å²) in [5.41, 5.74) is 5.80. The van der Waals surface area contributed by atoms with E-state index in [-0.39, 0.29) is 19.6 Å². The van der Waals surface area contributed by atoms with Gasteiger partial charge in [0.15, 0.2) is 0 Å². The van der Waals surface area contributed by atoms with E-state index in [1.165, 1.54) is 32.0 Å². The standard InChI is InChI=1S/C21H28FN3O7/c1-4-31-17(27)11-15(21(30)32-5-2)18(19(23)28)25-20(29)16(24-12(3)26)10-13-7-6-8-14(22)9-13/h6-9,15-16,18H,4-5,10-11H2,1-3H3,(H2,23,28)(H,24,26)(H,25,29)/t15-,16+,18+/m0/s1. The topological polar surface area (TPSA) is 154 Å². The molecule has 0 aliphatic carbocycles. The molecule has 0 bridgehead atoms. The van der Waals surface area contributed by atoms with E-state index in [4.69, 9.17) is 15.2 Å². The Hall–Kier alpha value is -3.50. The van der Waals surface area contributed by atoms with Crippen LogP contribution in [0.1, 0.15) is 32.8 Å². The van der Waals surface area contributed by atoms with Crippen molar-refractivity contribution in [2.45, 2.75) is 45.7 Å². The first-order valence-electron chi connectivity index (χ1n) is 10.0. The van der Waals surface area contributed by atoms with Crippen molar-refractivity contribution < 1.29 is 37.8 Å². The molecule has 176 valence electrons. The third-order valence-electron chi connectivity index (χ3n) is 4.31. The van der Waals surface area contributed by atoms with Gasteiger partial charge in [0.05, 0.1) is 25.6 Å². The Bertz CT molecular complexity index is 846. The van der Waals surface area contributed by atoms with Gasteiger partial charge in [-0.25, -0.2) is 4.39 Å². The average molecular weight is 453 g/mol. The number of ether oxygens (including phenoxy) is 2. The van der Waals surface area contributed by atoms with Crippen LogP contribution in [-0.2, 0) is 39.9 Å². The Kier molecular flexibility index (Phi) is 10.8. The van der Waals surface area contributed by atoms with E-state index in [0.717, 1.165) is 0 Å². The molecule has 0 heterocycles. The number of carbonyl (C=O) groups excluding carboxylic acids is 5. The van der Waals surface area contributed by atoms with Crippen molar-refractivity contribution >= 4 is 29.7 Å². The van der Waals surface area contributed by atoms with Gasteiger partial charge < -0.3 is 25.8 Å². The molecule has 0 aliphatic heterocycles. The van der Waals surface area contributed by atoms with E-state index in [9.17, 15) is 28.4 Å². The van der Waals surface area contributed by atoms with Crippen molar-refractivity contribution in [3.05, 3.63) is 35.6 Å². The fraction of sp³-hybridized carbons (Fsp3) is 0.476. The van der Waals surface area contributed by atoms with Crippen LogP contribution in [0.15, 0.2) is 24.3 Å². The first-order chi connectivity index (χ1) is 15.1. The summed E-state index contributed by atoms with van der Waals surface area (Å²) in [4.78, 5) is 60.9. The van der Waals surface area contributed by atoms with E-state index in [2.05, 4.69) is 10.6 Å². The van der Waals surface area contributed by atoms with Crippen molar-refractivity contribution in [3.63, 3.8) is 0 Å². The number of hydrogen-bond donors (Lipinski definition) is 3. The molecule has 0 aromatic heterocycles. The van der Waals surface area contributed by atoms with Crippen LogP contribution in [-0.4, -0.2) is 55.0 Å². The van der Waals surface area contributed by atoms with Gasteiger partial charge in [-0.1, -0.05) is 12.1 Å². The number of nitrogens with one attached hydrogen (secondary N) is 2. The first-order valence-corrected chi connectivity index (χ1v) is 10.0. The number of primary amides is 1. The maximum atomic E-state index is 13.5. The van der Waals surface area contributed by atoms with Gasteiger partial charge in [-0.2, -0.15) is 0 Å². The Morgan fingerprint density at radius 3 is 2.25 bits per heavy atom. The molecule has 3 amide bonds. The van der Waals surface area contributed by atoms with Gasteiger partial charge in [0.2, 0.25) is 17.7 Å². The zero-order valence-corrected chi connectivity index (χ0v) is 18.2. The van der Waals surface area contributed by atoms with Gasteiger partial charge in [-0.05, 0) is 31.5 Å². The van der Waals surface area contributed by atoms with Crippen molar-refractivity contribution in [1.82, 2.24) is 10.6 Å². The number of rotatable bonds is 12. The molecule has 0 unspecified atom stereocenters. The van der Waals surface area contributed by atoms with Crippen molar-refractivity contribution in [1.29, 1.82) is 0 Å². The molecule has 10 nitrogen and oxygen atoms in total. The maximum Gasteiger partial charge on any atom is 0.312 e. The minimum atomic E-state index is -1.62. The molecular weight excluding hydrogens is 425 g/mol. The second-order valence-electron chi connectivity index (χ2n) is 6.84. The summed E-state index contributed by atoms with van der Waals surface area (Å²) in [7, 11) is 0. The van der Waals surface area contributed by atoms with Gasteiger partial charge in [-0.15, -0.1) is 0 Å². The van der Waals surface area contributed by atoms with Gasteiger partial charge >= 0.3 is 11.9 Å². The first kappa shape index (κ1) is 26.5. The van der Waals surface area contributed by atoms with Crippen molar-refractivity contribution in [2.24, 2.45) is 11.7 Å². The summed E-state index contributed by atoms with van der Waals surface area (Å²) in [6.45, 7) is 4.28. The normalized spacial score (nSPS) is 13.2. The minimum absolute atomic E-state index is 0.0360. The minimum Gasteiger partial charge on any atom is -0.466 e. The summed E-state index contributed by atoms with van der Waals surface area (Å²) in [5.74, 6) is -6.18. The highest BCUT2D eigenvalue weighted by Crippen LogP contribution is 2.15. The SMILES string of the molecule is CCOC(=O)C[C@H](C(=O)OCC)[C@@H](NC(=O)[C@@H](Cc1cccc(F)c1)NC(C)=O)C(N)=O. The van der Waals surface area contributed by atoms with E-state index in [0.29, 0.717) is 5.56 Å². The molecule has 11 heteroatoms. The molecule has 3 atom stereocenters. The quantitative estimate of drug-likeness (QED) is 0.376. The largest absolute Gasteiger partial charge is 0.466 e. The molecule has 0 fully saturated rings. The van der Waals surface area contributed by atoms with Crippen LogP contribution in [0, 0.1) is 11.7 Å².